The standard InChI is InChI=1S/C16H22FN3OS/c1-15(19,13-7-3-4-8-14(13)17)12-22(21,20-2)16(11-18)9-5-6-10-16/h3-4,7-8H,5-6,9-10,12,19H2,1-2H3/t15-,22?/m0/s1. The first kappa shape index (κ1) is 16.9. The lowest BCUT2D eigenvalue weighted by Gasteiger charge is -2.33. The van der Waals surface area contributed by atoms with Crippen molar-refractivity contribution < 1.29 is 8.60 Å². The molecule has 6 heteroatoms. The highest BCUT2D eigenvalue weighted by Crippen LogP contribution is 2.40. The van der Waals surface area contributed by atoms with Crippen LogP contribution in [0.3, 0.4) is 0 Å². The van der Waals surface area contributed by atoms with Gasteiger partial charge < -0.3 is 5.73 Å². The molecule has 1 saturated carbocycles. The van der Waals surface area contributed by atoms with Crippen LogP contribution in [0.4, 0.5) is 4.39 Å². The van der Waals surface area contributed by atoms with Gasteiger partial charge in [-0.1, -0.05) is 31.0 Å². The summed E-state index contributed by atoms with van der Waals surface area (Å²) < 4.78 is 30.6. The van der Waals surface area contributed by atoms with E-state index >= 15 is 0 Å². The zero-order chi connectivity index (χ0) is 16.4. The number of hydrogen-bond acceptors (Lipinski definition) is 4. The summed E-state index contributed by atoms with van der Waals surface area (Å²) in [5.74, 6) is -0.451. The Labute approximate surface area is 131 Å². The van der Waals surface area contributed by atoms with Gasteiger partial charge in [0.15, 0.2) is 0 Å². The van der Waals surface area contributed by atoms with Crippen molar-refractivity contribution in [3.8, 4) is 6.07 Å². The smallest absolute Gasteiger partial charge is 0.140 e. The van der Waals surface area contributed by atoms with Crippen molar-refractivity contribution in [2.24, 2.45) is 10.1 Å². The van der Waals surface area contributed by atoms with E-state index in [0.29, 0.717) is 18.4 Å². The third-order valence-corrected chi connectivity index (χ3v) is 7.81. The fourth-order valence-corrected chi connectivity index (χ4v) is 6.03. The van der Waals surface area contributed by atoms with E-state index in [1.54, 1.807) is 25.1 Å². The molecule has 1 fully saturated rings. The van der Waals surface area contributed by atoms with Crippen LogP contribution in [0.2, 0.25) is 0 Å². The van der Waals surface area contributed by atoms with Crippen LogP contribution in [-0.4, -0.2) is 21.8 Å². The number of nitrogens with two attached hydrogens (primary N) is 1. The van der Waals surface area contributed by atoms with Crippen molar-refractivity contribution in [2.45, 2.75) is 42.9 Å². The van der Waals surface area contributed by atoms with Crippen molar-refractivity contribution in [1.29, 1.82) is 5.26 Å². The Hall–Kier alpha value is -1.45. The molecule has 22 heavy (non-hydrogen) atoms. The Balaban J connectivity index is 2.45. The van der Waals surface area contributed by atoms with Gasteiger partial charge in [0.1, 0.15) is 10.6 Å². The maximum atomic E-state index is 14.1. The van der Waals surface area contributed by atoms with Gasteiger partial charge in [-0.15, -0.1) is 0 Å². The Bertz CT molecular complexity index is 708. The summed E-state index contributed by atoms with van der Waals surface area (Å²) in [7, 11) is -1.40. The van der Waals surface area contributed by atoms with Crippen LogP contribution in [0.5, 0.6) is 0 Å². The van der Waals surface area contributed by atoms with Crippen LogP contribution < -0.4 is 5.73 Å². The number of hydrogen-bond donors (Lipinski definition) is 1. The summed E-state index contributed by atoms with van der Waals surface area (Å²) in [6, 6.07) is 8.46. The van der Waals surface area contributed by atoms with E-state index < -0.39 is 25.8 Å². The molecular formula is C16H22FN3OS. The first-order valence-electron chi connectivity index (χ1n) is 7.38. The van der Waals surface area contributed by atoms with Gasteiger partial charge in [0, 0.05) is 12.6 Å². The molecule has 0 amide bonds. The van der Waals surface area contributed by atoms with Crippen LogP contribution in [0, 0.1) is 17.1 Å². The SMILES string of the molecule is CN=S(=O)(C[C@](C)(N)c1ccccc1F)C1(C#N)CCCC1. The molecule has 2 atom stereocenters. The average Bonchev–Trinajstić information content (AvgIpc) is 2.97. The largest absolute Gasteiger partial charge is 0.321 e. The van der Waals surface area contributed by atoms with Gasteiger partial charge >= 0.3 is 0 Å². The molecule has 120 valence electrons. The number of halogens is 1. The van der Waals surface area contributed by atoms with Gasteiger partial charge in [-0.25, -0.2) is 13.0 Å². The van der Waals surface area contributed by atoms with Gasteiger partial charge in [0.05, 0.1) is 27.1 Å². The first-order valence-corrected chi connectivity index (χ1v) is 9.06. The van der Waals surface area contributed by atoms with E-state index in [1.165, 1.54) is 13.1 Å². The second-order valence-electron chi connectivity index (χ2n) is 6.18. The molecule has 1 aliphatic rings. The molecule has 0 aliphatic heterocycles. The Morgan fingerprint density at radius 3 is 2.55 bits per heavy atom. The van der Waals surface area contributed by atoms with Crippen molar-refractivity contribution in [3.63, 3.8) is 0 Å². The lowest BCUT2D eigenvalue weighted by atomic mass is 9.95. The number of benzene rings is 1. The summed E-state index contributed by atoms with van der Waals surface area (Å²) in [6.45, 7) is 1.65. The minimum Gasteiger partial charge on any atom is -0.321 e. The van der Waals surface area contributed by atoms with Gasteiger partial charge in [0.25, 0.3) is 0 Å². The Morgan fingerprint density at radius 1 is 1.45 bits per heavy atom. The Kier molecular flexibility index (Phi) is 4.59. The van der Waals surface area contributed by atoms with Crippen LogP contribution in [-0.2, 0) is 15.3 Å². The van der Waals surface area contributed by atoms with Gasteiger partial charge in [0.2, 0.25) is 0 Å². The molecular weight excluding hydrogens is 301 g/mol. The lowest BCUT2D eigenvalue weighted by Crippen LogP contribution is -2.47. The third kappa shape index (κ3) is 2.75. The number of nitrogens with zero attached hydrogens (tertiary/aromatic N) is 2. The second kappa shape index (κ2) is 5.98. The number of rotatable bonds is 4. The Morgan fingerprint density at radius 2 is 2.05 bits per heavy atom. The molecule has 2 rings (SSSR count). The summed E-state index contributed by atoms with van der Waals surface area (Å²) in [5.41, 5.74) is 5.45. The molecule has 0 saturated heterocycles. The molecule has 0 heterocycles. The van der Waals surface area contributed by atoms with Crippen LogP contribution >= 0.6 is 0 Å². The highest BCUT2D eigenvalue weighted by atomic mass is 32.2. The summed E-state index contributed by atoms with van der Waals surface area (Å²) in [6.07, 6.45) is 2.85. The molecule has 0 bridgehead atoms. The summed E-state index contributed by atoms with van der Waals surface area (Å²) >= 11 is 0. The predicted octanol–water partition coefficient (Wildman–Crippen LogP) is 2.93. The van der Waals surface area contributed by atoms with E-state index in [-0.39, 0.29) is 5.75 Å². The highest BCUT2D eigenvalue weighted by molar-refractivity contribution is 7.95. The lowest BCUT2D eigenvalue weighted by molar-refractivity contribution is 0.498. The molecule has 1 unspecified atom stereocenters. The fourth-order valence-electron chi connectivity index (χ4n) is 3.23. The molecule has 2 N–H and O–H groups in total. The van der Waals surface area contributed by atoms with E-state index in [2.05, 4.69) is 10.4 Å². The summed E-state index contributed by atoms with van der Waals surface area (Å²) in [5, 5.41) is 9.60. The zero-order valence-electron chi connectivity index (χ0n) is 13.0. The molecule has 1 aliphatic carbocycles. The normalized spacial score (nSPS) is 22.3. The van der Waals surface area contributed by atoms with Crippen LogP contribution in [0.15, 0.2) is 28.6 Å². The van der Waals surface area contributed by atoms with Crippen LogP contribution in [0.25, 0.3) is 0 Å². The summed E-state index contributed by atoms with van der Waals surface area (Å²) in [4.78, 5) is 0. The van der Waals surface area contributed by atoms with E-state index in [4.69, 9.17) is 5.73 Å². The predicted molar refractivity (Wildman–Crippen MR) is 86.1 cm³/mol. The van der Waals surface area contributed by atoms with Crippen molar-refractivity contribution in [1.82, 2.24) is 0 Å². The first-order chi connectivity index (χ1) is 10.3. The molecule has 1 aromatic carbocycles. The average molecular weight is 323 g/mol. The van der Waals surface area contributed by atoms with Gasteiger partial charge in [-0.05, 0) is 25.8 Å². The topological polar surface area (TPSA) is 79.2 Å². The zero-order valence-corrected chi connectivity index (χ0v) is 13.8. The minimum absolute atomic E-state index is 0.0228. The van der Waals surface area contributed by atoms with Gasteiger partial charge in [-0.2, -0.15) is 5.26 Å². The second-order valence-corrected chi connectivity index (χ2v) is 8.89. The monoisotopic (exact) mass is 323 g/mol. The molecule has 4 nitrogen and oxygen atoms in total. The number of nitriles is 1. The molecule has 1 aromatic rings. The molecule has 0 aromatic heterocycles. The van der Waals surface area contributed by atoms with Crippen LogP contribution in [0.1, 0.15) is 38.2 Å². The third-order valence-electron chi connectivity index (χ3n) is 4.51. The molecule has 0 spiro atoms. The van der Waals surface area contributed by atoms with Crippen molar-refractivity contribution >= 4 is 9.73 Å². The fraction of sp³-hybridized carbons (Fsp3) is 0.562. The maximum absolute atomic E-state index is 14.1. The minimum atomic E-state index is -2.87. The highest BCUT2D eigenvalue weighted by Gasteiger charge is 2.47. The van der Waals surface area contributed by atoms with E-state index in [0.717, 1.165) is 12.8 Å². The van der Waals surface area contributed by atoms with Crippen molar-refractivity contribution in [2.75, 3.05) is 12.8 Å². The van der Waals surface area contributed by atoms with E-state index in [1.807, 2.05) is 0 Å². The van der Waals surface area contributed by atoms with E-state index in [9.17, 15) is 13.9 Å². The maximum Gasteiger partial charge on any atom is 0.140 e. The van der Waals surface area contributed by atoms with Gasteiger partial charge in [-0.3, -0.25) is 0 Å². The molecule has 0 radical (unpaired) electrons. The quantitative estimate of drug-likeness (QED) is 0.925. The van der Waals surface area contributed by atoms with Crippen molar-refractivity contribution in [3.05, 3.63) is 35.6 Å².